The van der Waals surface area contributed by atoms with E-state index in [-0.39, 0.29) is 12.5 Å². The van der Waals surface area contributed by atoms with Crippen molar-refractivity contribution in [3.8, 4) is 0 Å². The molecule has 5 nitrogen and oxygen atoms in total. The molecule has 1 aliphatic rings. The Morgan fingerprint density at radius 1 is 1.05 bits per heavy atom. The van der Waals surface area contributed by atoms with Crippen molar-refractivity contribution < 1.29 is 19.8 Å². The average Bonchev–Trinajstić information content (AvgIpc) is 2.70. The number of carboxylic acid groups (broad SMARTS) is 1. The summed E-state index contributed by atoms with van der Waals surface area (Å²) in [7, 11) is 0. The second-order valence-corrected chi connectivity index (χ2v) is 5.31. The predicted octanol–water partition coefficient (Wildman–Crippen LogP) is 1.96. The van der Waals surface area contributed by atoms with Crippen molar-refractivity contribution in [3.63, 3.8) is 0 Å². The number of amides is 1. The molecule has 0 bridgehead atoms. The smallest absolute Gasteiger partial charge is 0.308 e. The molecule has 22 heavy (non-hydrogen) atoms. The summed E-state index contributed by atoms with van der Waals surface area (Å²) in [4.78, 5) is 25.0. The maximum absolute atomic E-state index is 12.6. The van der Waals surface area contributed by atoms with E-state index < -0.39 is 18.1 Å². The molecule has 0 aliphatic carbocycles. The zero-order valence-electron chi connectivity index (χ0n) is 11.8. The Hall–Kier alpha value is -2.66. The van der Waals surface area contributed by atoms with Gasteiger partial charge < -0.3 is 15.1 Å². The Balaban J connectivity index is 2.04. The molecule has 5 heteroatoms. The Kier molecular flexibility index (Phi) is 3.42. The van der Waals surface area contributed by atoms with Gasteiger partial charge in [-0.1, -0.05) is 48.5 Å². The second kappa shape index (κ2) is 5.27. The summed E-state index contributed by atoms with van der Waals surface area (Å²) < 4.78 is 0. The number of carbonyl (C=O) groups is 2. The molecule has 2 N–H and O–H groups in total. The molecule has 112 valence electrons. The van der Waals surface area contributed by atoms with Crippen LogP contribution in [0.3, 0.4) is 0 Å². The molecule has 0 saturated heterocycles. The Morgan fingerprint density at radius 2 is 1.68 bits per heavy atom. The third-order valence-corrected chi connectivity index (χ3v) is 3.86. The van der Waals surface area contributed by atoms with Crippen LogP contribution in [0, 0.1) is 0 Å². The van der Waals surface area contributed by atoms with E-state index in [1.54, 1.807) is 24.3 Å². The summed E-state index contributed by atoms with van der Waals surface area (Å²) in [6.07, 6.45) is -0.553. The molecule has 0 fully saturated rings. The zero-order valence-corrected chi connectivity index (χ0v) is 11.8. The van der Waals surface area contributed by atoms with E-state index in [4.69, 9.17) is 5.11 Å². The minimum atomic E-state index is -1.82. The summed E-state index contributed by atoms with van der Waals surface area (Å²) >= 11 is 0. The van der Waals surface area contributed by atoms with Gasteiger partial charge in [0.1, 0.15) is 0 Å². The fraction of sp³-hybridized carbons (Fsp3) is 0.176. The largest absolute Gasteiger partial charge is 0.481 e. The van der Waals surface area contributed by atoms with Gasteiger partial charge in [0.25, 0.3) is 5.91 Å². The lowest BCUT2D eigenvalue weighted by molar-refractivity contribution is -0.153. The van der Waals surface area contributed by atoms with Crippen molar-refractivity contribution >= 4 is 11.9 Å². The number of aliphatic hydroxyl groups is 1. The van der Waals surface area contributed by atoms with Crippen LogP contribution in [-0.4, -0.2) is 27.0 Å². The van der Waals surface area contributed by atoms with Gasteiger partial charge in [-0.2, -0.15) is 0 Å². The van der Waals surface area contributed by atoms with Crippen LogP contribution in [0.2, 0.25) is 0 Å². The van der Waals surface area contributed by atoms with Crippen LogP contribution in [0.5, 0.6) is 0 Å². The standard InChI is InChI=1S/C17H15NO4/c19-15(20)10-17(22)14-9-5-4-8-13(14)16(21)18(17)11-12-6-2-1-3-7-12/h1-9,22H,10-11H2,(H,19,20)/t17-/m1/s1. The van der Waals surface area contributed by atoms with Crippen molar-refractivity contribution in [3.05, 3.63) is 71.3 Å². The third-order valence-electron chi connectivity index (χ3n) is 3.86. The van der Waals surface area contributed by atoms with Gasteiger partial charge in [0.2, 0.25) is 0 Å². The van der Waals surface area contributed by atoms with E-state index in [1.165, 1.54) is 4.90 Å². The number of nitrogens with zero attached hydrogens (tertiary/aromatic N) is 1. The van der Waals surface area contributed by atoms with Crippen molar-refractivity contribution in [1.82, 2.24) is 4.90 Å². The quantitative estimate of drug-likeness (QED) is 0.904. The van der Waals surface area contributed by atoms with Gasteiger partial charge in [0.15, 0.2) is 5.72 Å². The zero-order chi connectivity index (χ0) is 15.7. The Morgan fingerprint density at radius 3 is 2.36 bits per heavy atom. The van der Waals surface area contributed by atoms with E-state index in [0.717, 1.165) is 5.56 Å². The van der Waals surface area contributed by atoms with Crippen molar-refractivity contribution in [2.24, 2.45) is 0 Å². The lowest BCUT2D eigenvalue weighted by Crippen LogP contribution is -2.44. The molecule has 0 aromatic heterocycles. The summed E-state index contributed by atoms with van der Waals surface area (Å²) in [6.45, 7) is 0.151. The molecule has 1 aliphatic heterocycles. The van der Waals surface area contributed by atoms with E-state index in [2.05, 4.69) is 0 Å². The van der Waals surface area contributed by atoms with Gasteiger partial charge in [-0.15, -0.1) is 0 Å². The van der Waals surface area contributed by atoms with Gasteiger partial charge >= 0.3 is 5.97 Å². The Bertz CT molecular complexity index is 728. The first-order valence-corrected chi connectivity index (χ1v) is 6.92. The van der Waals surface area contributed by atoms with E-state index in [9.17, 15) is 14.7 Å². The summed E-state index contributed by atoms with van der Waals surface area (Å²) in [6, 6.07) is 15.8. The van der Waals surface area contributed by atoms with Crippen LogP contribution in [-0.2, 0) is 17.1 Å². The number of hydrogen-bond acceptors (Lipinski definition) is 3. The monoisotopic (exact) mass is 297 g/mol. The summed E-state index contributed by atoms with van der Waals surface area (Å²) in [5, 5.41) is 20.1. The fourth-order valence-corrected chi connectivity index (χ4v) is 2.85. The maximum Gasteiger partial charge on any atom is 0.308 e. The first kappa shape index (κ1) is 14.3. The van der Waals surface area contributed by atoms with E-state index in [0.29, 0.717) is 11.1 Å². The van der Waals surface area contributed by atoms with Crippen LogP contribution < -0.4 is 0 Å². The number of benzene rings is 2. The molecule has 2 aromatic carbocycles. The first-order chi connectivity index (χ1) is 10.5. The highest BCUT2D eigenvalue weighted by Crippen LogP contribution is 2.40. The van der Waals surface area contributed by atoms with Crippen LogP contribution in [0.25, 0.3) is 0 Å². The van der Waals surface area contributed by atoms with Crippen LogP contribution in [0.15, 0.2) is 54.6 Å². The molecule has 3 rings (SSSR count). The van der Waals surface area contributed by atoms with Crippen molar-refractivity contribution in [1.29, 1.82) is 0 Å². The topological polar surface area (TPSA) is 77.8 Å². The molecule has 0 unspecified atom stereocenters. The molecule has 0 spiro atoms. The lowest BCUT2D eigenvalue weighted by Gasteiger charge is -2.33. The normalized spacial score (nSPS) is 20.0. The highest BCUT2D eigenvalue weighted by molar-refractivity contribution is 6.00. The molecule has 1 atom stereocenters. The van der Waals surface area contributed by atoms with Gasteiger partial charge in [0, 0.05) is 17.7 Å². The number of carbonyl (C=O) groups excluding carboxylic acids is 1. The number of aliphatic carboxylic acids is 1. The number of fused-ring (bicyclic) bond motifs is 1. The van der Waals surface area contributed by atoms with Gasteiger partial charge in [0.05, 0.1) is 6.42 Å². The second-order valence-electron chi connectivity index (χ2n) is 5.31. The van der Waals surface area contributed by atoms with Gasteiger partial charge in [-0.05, 0) is 11.6 Å². The molecule has 2 aromatic rings. The molecule has 1 heterocycles. The highest BCUT2D eigenvalue weighted by Gasteiger charge is 2.49. The third kappa shape index (κ3) is 2.25. The molecule has 1 amide bonds. The predicted molar refractivity (Wildman–Crippen MR) is 78.9 cm³/mol. The Labute approximate surface area is 127 Å². The summed E-state index contributed by atoms with van der Waals surface area (Å²) in [5.74, 6) is -1.52. The number of carboxylic acids is 1. The first-order valence-electron chi connectivity index (χ1n) is 6.92. The molecule has 0 radical (unpaired) electrons. The van der Waals surface area contributed by atoms with Crippen molar-refractivity contribution in [2.75, 3.05) is 0 Å². The average molecular weight is 297 g/mol. The lowest BCUT2D eigenvalue weighted by atomic mass is 9.98. The fourth-order valence-electron chi connectivity index (χ4n) is 2.85. The van der Waals surface area contributed by atoms with E-state index >= 15 is 0 Å². The van der Waals surface area contributed by atoms with E-state index in [1.807, 2.05) is 30.3 Å². The molecular weight excluding hydrogens is 282 g/mol. The van der Waals surface area contributed by atoms with Crippen LogP contribution in [0.4, 0.5) is 0 Å². The SMILES string of the molecule is O=C(O)C[C@@]1(O)c2ccccc2C(=O)N1Cc1ccccc1. The minimum absolute atomic E-state index is 0.151. The number of hydrogen-bond donors (Lipinski definition) is 2. The van der Waals surface area contributed by atoms with Gasteiger partial charge in [-0.25, -0.2) is 0 Å². The number of rotatable bonds is 4. The van der Waals surface area contributed by atoms with Crippen molar-refractivity contribution in [2.45, 2.75) is 18.7 Å². The van der Waals surface area contributed by atoms with Gasteiger partial charge in [-0.3, -0.25) is 9.59 Å². The van der Waals surface area contributed by atoms with Crippen LogP contribution >= 0.6 is 0 Å². The van der Waals surface area contributed by atoms with Crippen LogP contribution in [0.1, 0.15) is 27.9 Å². The summed E-state index contributed by atoms with van der Waals surface area (Å²) in [5.41, 5.74) is -0.303. The minimum Gasteiger partial charge on any atom is -0.481 e. The highest BCUT2D eigenvalue weighted by atomic mass is 16.4. The molecule has 0 saturated carbocycles. The molecular formula is C17H15NO4. The maximum atomic E-state index is 12.6.